The lowest BCUT2D eigenvalue weighted by Crippen LogP contribution is -1.82. The van der Waals surface area contributed by atoms with Crippen molar-refractivity contribution in [2.24, 2.45) is 0 Å². The third-order valence-electron chi connectivity index (χ3n) is 2.90. The minimum absolute atomic E-state index is 0.508. The van der Waals surface area contributed by atoms with Gasteiger partial charge in [-0.15, -0.1) is 0 Å². The van der Waals surface area contributed by atoms with Crippen molar-refractivity contribution in [1.82, 2.24) is 5.32 Å². The zero-order chi connectivity index (χ0) is 10.1. The van der Waals surface area contributed by atoms with Crippen LogP contribution in [0, 0.1) is 0 Å². The predicted octanol–water partition coefficient (Wildman–Crippen LogP) is 3.07. The van der Waals surface area contributed by atoms with Crippen LogP contribution in [0.4, 0.5) is 0 Å². The van der Waals surface area contributed by atoms with Crippen LogP contribution in [-0.2, 0) is 0 Å². The Morgan fingerprint density at radius 3 is 1.40 bits per heavy atom. The zero-order valence-corrected chi connectivity index (χ0v) is 8.43. The van der Waals surface area contributed by atoms with Crippen LogP contribution in [0.2, 0.25) is 0 Å². The highest BCUT2D eigenvalue weighted by molar-refractivity contribution is 5.33. The molecule has 0 saturated carbocycles. The summed E-state index contributed by atoms with van der Waals surface area (Å²) in [5.41, 5.74) is 2.76. The van der Waals surface area contributed by atoms with Gasteiger partial charge in [-0.2, -0.15) is 0 Å². The maximum Gasteiger partial charge on any atom is 0.0523 e. The maximum absolute atomic E-state index is 3.50. The van der Waals surface area contributed by atoms with Crippen LogP contribution in [-0.4, -0.2) is 0 Å². The third kappa shape index (κ3) is 1.66. The number of hydrogen-bond donors (Lipinski definition) is 1. The molecule has 1 aliphatic rings. The van der Waals surface area contributed by atoms with E-state index in [9.17, 15) is 0 Å². The molecule has 0 bridgehead atoms. The lowest BCUT2D eigenvalue weighted by Gasteiger charge is -1.97. The molecular formula is C14H13N. The first-order chi connectivity index (χ1) is 7.45. The molecule has 2 aromatic carbocycles. The van der Waals surface area contributed by atoms with Crippen molar-refractivity contribution in [1.29, 1.82) is 0 Å². The Morgan fingerprint density at radius 2 is 1.00 bits per heavy atom. The molecule has 0 unspecified atom stereocenters. The summed E-state index contributed by atoms with van der Waals surface area (Å²) in [6, 6.07) is 22.2. The Bertz CT molecular complexity index is 392. The van der Waals surface area contributed by atoms with Gasteiger partial charge < -0.3 is 0 Å². The first-order valence-corrected chi connectivity index (χ1v) is 5.31. The monoisotopic (exact) mass is 195 g/mol. The summed E-state index contributed by atoms with van der Waals surface area (Å²) in [5, 5.41) is 3.50. The van der Waals surface area contributed by atoms with Crippen LogP contribution in [0.3, 0.4) is 0 Å². The van der Waals surface area contributed by atoms with E-state index in [4.69, 9.17) is 0 Å². The molecule has 2 aromatic rings. The van der Waals surface area contributed by atoms with Crippen molar-refractivity contribution in [2.75, 3.05) is 0 Å². The van der Waals surface area contributed by atoms with E-state index in [0.717, 1.165) is 0 Å². The highest BCUT2D eigenvalue weighted by atomic mass is 15.1. The van der Waals surface area contributed by atoms with Crippen molar-refractivity contribution in [2.45, 2.75) is 12.1 Å². The molecule has 1 heterocycles. The van der Waals surface area contributed by atoms with Gasteiger partial charge in [-0.3, -0.25) is 5.32 Å². The Morgan fingerprint density at radius 1 is 0.600 bits per heavy atom. The van der Waals surface area contributed by atoms with Gasteiger partial charge in [0.15, 0.2) is 0 Å². The molecule has 2 atom stereocenters. The normalized spacial score (nSPS) is 23.7. The number of nitrogens with one attached hydrogen (secondary N) is 1. The van der Waals surface area contributed by atoms with Gasteiger partial charge in [0.05, 0.1) is 12.1 Å². The van der Waals surface area contributed by atoms with Gasteiger partial charge in [0.2, 0.25) is 0 Å². The summed E-state index contributed by atoms with van der Waals surface area (Å²) in [6.45, 7) is 0. The molecule has 1 fully saturated rings. The van der Waals surface area contributed by atoms with Crippen molar-refractivity contribution < 1.29 is 0 Å². The molecule has 0 aromatic heterocycles. The van der Waals surface area contributed by atoms with Gasteiger partial charge in [0, 0.05) is 0 Å². The van der Waals surface area contributed by atoms with Gasteiger partial charge >= 0.3 is 0 Å². The summed E-state index contributed by atoms with van der Waals surface area (Å²) in [5.74, 6) is 0. The van der Waals surface area contributed by atoms with Gasteiger partial charge in [0.25, 0.3) is 0 Å². The topological polar surface area (TPSA) is 21.9 Å². The fraction of sp³-hybridized carbons (Fsp3) is 0.143. The average Bonchev–Trinajstić information content (AvgIpc) is 3.11. The minimum atomic E-state index is 0.508. The number of hydrogen-bond acceptors (Lipinski definition) is 1. The van der Waals surface area contributed by atoms with E-state index in [1.54, 1.807) is 0 Å². The van der Waals surface area contributed by atoms with Crippen LogP contribution in [0.25, 0.3) is 0 Å². The molecule has 0 aliphatic carbocycles. The van der Waals surface area contributed by atoms with Gasteiger partial charge in [0.1, 0.15) is 0 Å². The van der Waals surface area contributed by atoms with Crippen molar-refractivity contribution in [3.8, 4) is 0 Å². The van der Waals surface area contributed by atoms with E-state index >= 15 is 0 Å². The van der Waals surface area contributed by atoms with Crippen LogP contribution in [0.5, 0.6) is 0 Å². The summed E-state index contributed by atoms with van der Waals surface area (Å²) in [4.78, 5) is 0. The molecule has 15 heavy (non-hydrogen) atoms. The second kappa shape index (κ2) is 3.52. The van der Waals surface area contributed by atoms with E-state index < -0.39 is 0 Å². The molecule has 1 nitrogen and oxygen atoms in total. The number of benzene rings is 2. The van der Waals surface area contributed by atoms with Crippen molar-refractivity contribution in [3.05, 3.63) is 71.8 Å². The summed E-state index contributed by atoms with van der Waals surface area (Å²) in [7, 11) is 0. The quantitative estimate of drug-likeness (QED) is 0.731. The minimum Gasteiger partial charge on any atom is -0.300 e. The summed E-state index contributed by atoms with van der Waals surface area (Å²) >= 11 is 0. The molecule has 1 heteroatoms. The highest BCUT2D eigenvalue weighted by Crippen LogP contribution is 2.41. The van der Waals surface area contributed by atoms with E-state index in [2.05, 4.69) is 66.0 Å². The van der Waals surface area contributed by atoms with Crippen LogP contribution in [0.15, 0.2) is 60.7 Å². The molecule has 1 aliphatic heterocycles. The molecule has 1 N–H and O–H groups in total. The largest absolute Gasteiger partial charge is 0.300 e. The van der Waals surface area contributed by atoms with Crippen LogP contribution < -0.4 is 5.32 Å². The molecular weight excluding hydrogens is 182 g/mol. The van der Waals surface area contributed by atoms with E-state index in [1.165, 1.54) is 11.1 Å². The Hall–Kier alpha value is -1.60. The number of rotatable bonds is 2. The molecule has 74 valence electrons. The van der Waals surface area contributed by atoms with Gasteiger partial charge in [-0.1, -0.05) is 60.7 Å². The Balaban J connectivity index is 1.81. The first kappa shape index (κ1) is 8.69. The van der Waals surface area contributed by atoms with E-state index in [0.29, 0.717) is 12.1 Å². The van der Waals surface area contributed by atoms with Gasteiger partial charge in [-0.05, 0) is 11.1 Å². The second-order valence-electron chi connectivity index (χ2n) is 3.94. The molecule has 0 spiro atoms. The van der Waals surface area contributed by atoms with Crippen LogP contribution >= 0.6 is 0 Å². The second-order valence-corrected chi connectivity index (χ2v) is 3.94. The maximum atomic E-state index is 3.50. The third-order valence-corrected chi connectivity index (χ3v) is 2.90. The summed E-state index contributed by atoms with van der Waals surface area (Å²) in [6.07, 6.45) is 0. The van der Waals surface area contributed by atoms with E-state index in [-0.39, 0.29) is 0 Å². The lowest BCUT2D eigenvalue weighted by molar-refractivity contribution is 1.03. The Kier molecular flexibility index (Phi) is 2.04. The van der Waals surface area contributed by atoms with Crippen molar-refractivity contribution >= 4 is 0 Å². The predicted molar refractivity (Wildman–Crippen MR) is 61.5 cm³/mol. The van der Waals surface area contributed by atoms with Crippen LogP contribution in [0.1, 0.15) is 23.2 Å². The zero-order valence-electron chi connectivity index (χ0n) is 8.43. The van der Waals surface area contributed by atoms with Crippen molar-refractivity contribution in [3.63, 3.8) is 0 Å². The fourth-order valence-electron chi connectivity index (χ4n) is 2.04. The molecule has 0 amide bonds. The standard InChI is InChI=1S/C14H13N/c1-3-7-11(8-4-1)13-14(15-13)12-9-5-2-6-10-12/h1-10,13-15H/t13-,14+. The molecule has 3 rings (SSSR count). The SMILES string of the molecule is c1ccc([C@H]2N[C@H]2c2ccccc2)cc1. The van der Waals surface area contributed by atoms with Gasteiger partial charge in [-0.25, -0.2) is 0 Å². The molecule has 0 radical (unpaired) electrons. The average molecular weight is 195 g/mol. The molecule has 1 saturated heterocycles. The fourth-order valence-corrected chi connectivity index (χ4v) is 2.04. The summed E-state index contributed by atoms with van der Waals surface area (Å²) < 4.78 is 0. The van der Waals surface area contributed by atoms with E-state index in [1.807, 2.05) is 0 Å². The Labute approximate surface area is 89.8 Å². The highest BCUT2D eigenvalue weighted by Gasteiger charge is 2.38. The first-order valence-electron chi connectivity index (χ1n) is 5.31. The smallest absolute Gasteiger partial charge is 0.0523 e. The lowest BCUT2D eigenvalue weighted by atomic mass is 10.0.